The van der Waals surface area contributed by atoms with Gasteiger partial charge in [-0.3, -0.25) is 4.79 Å². The quantitative estimate of drug-likeness (QED) is 0.588. The Morgan fingerprint density at radius 3 is 2.71 bits per heavy atom. The van der Waals surface area contributed by atoms with Crippen LogP contribution in [0.25, 0.3) is 0 Å². The molecule has 0 saturated carbocycles. The van der Waals surface area contributed by atoms with E-state index in [1.54, 1.807) is 0 Å². The van der Waals surface area contributed by atoms with Gasteiger partial charge in [-0.1, -0.05) is 12.2 Å². The third-order valence-electron chi connectivity index (χ3n) is 2.94. The molecule has 1 unspecified atom stereocenters. The number of hydrogen-bond donors (Lipinski definition) is 0. The summed E-state index contributed by atoms with van der Waals surface area (Å²) in [5.41, 5.74) is 0. The summed E-state index contributed by atoms with van der Waals surface area (Å²) in [6.07, 6.45) is 7.30. The molecule has 0 aromatic heterocycles. The van der Waals surface area contributed by atoms with Gasteiger partial charge in [0, 0.05) is 19.0 Å². The summed E-state index contributed by atoms with van der Waals surface area (Å²) in [7, 11) is 0. The number of morpholine rings is 1. The first-order chi connectivity index (χ1) is 6.88. The van der Waals surface area contributed by atoms with E-state index in [-0.39, 0.29) is 5.92 Å². The molecular weight excluding hydrogens is 178 g/mol. The van der Waals surface area contributed by atoms with Crippen LogP contribution < -0.4 is 0 Å². The van der Waals surface area contributed by atoms with Gasteiger partial charge >= 0.3 is 0 Å². The minimum atomic E-state index is 0.234. The van der Waals surface area contributed by atoms with E-state index in [2.05, 4.69) is 12.2 Å². The van der Waals surface area contributed by atoms with E-state index in [1.165, 1.54) is 0 Å². The smallest absolute Gasteiger partial charge is 0.226 e. The zero-order chi connectivity index (χ0) is 9.80. The molecule has 14 heavy (non-hydrogen) atoms. The maximum absolute atomic E-state index is 12.0. The average molecular weight is 195 g/mol. The fourth-order valence-electron chi connectivity index (χ4n) is 2.06. The molecule has 1 amide bonds. The van der Waals surface area contributed by atoms with Crippen molar-refractivity contribution in [2.75, 3.05) is 26.3 Å². The monoisotopic (exact) mass is 195 g/mol. The van der Waals surface area contributed by atoms with E-state index in [0.29, 0.717) is 19.1 Å². The van der Waals surface area contributed by atoms with E-state index in [1.807, 2.05) is 4.90 Å². The van der Waals surface area contributed by atoms with E-state index < -0.39 is 0 Å². The standard InChI is InChI=1S/C11H17NO2/c13-11(10-4-2-1-3-5-10)12-6-8-14-9-7-12/h1-2,10H,3-9H2. The van der Waals surface area contributed by atoms with Gasteiger partial charge < -0.3 is 9.64 Å². The lowest BCUT2D eigenvalue weighted by molar-refractivity contribution is -0.139. The molecule has 1 atom stereocenters. The number of hydrogen-bond acceptors (Lipinski definition) is 2. The second kappa shape index (κ2) is 4.60. The highest BCUT2D eigenvalue weighted by atomic mass is 16.5. The van der Waals surface area contributed by atoms with Crippen molar-refractivity contribution in [1.29, 1.82) is 0 Å². The van der Waals surface area contributed by atoms with Crippen LogP contribution in [-0.2, 0) is 9.53 Å². The van der Waals surface area contributed by atoms with Gasteiger partial charge in [-0.05, 0) is 19.3 Å². The largest absolute Gasteiger partial charge is 0.378 e. The molecule has 2 rings (SSSR count). The minimum Gasteiger partial charge on any atom is -0.378 e. The third-order valence-corrected chi connectivity index (χ3v) is 2.94. The molecule has 78 valence electrons. The topological polar surface area (TPSA) is 29.5 Å². The van der Waals surface area contributed by atoms with Gasteiger partial charge in [-0.25, -0.2) is 0 Å². The molecule has 1 aliphatic carbocycles. The van der Waals surface area contributed by atoms with Crippen LogP contribution in [0, 0.1) is 5.92 Å². The number of nitrogens with zero attached hydrogens (tertiary/aromatic N) is 1. The van der Waals surface area contributed by atoms with E-state index in [4.69, 9.17) is 4.74 Å². The number of allylic oxidation sites excluding steroid dienone is 2. The summed E-state index contributed by atoms with van der Waals surface area (Å²) in [6.45, 7) is 2.96. The van der Waals surface area contributed by atoms with Gasteiger partial charge in [0.15, 0.2) is 0 Å². The Morgan fingerprint density at radius 1 is 1.29 bits per heavy atom. The second-order valence-corrected chi connectivity index (χ2v) is 3.92. The molecular formula is C11H17NO2. The predicted molar refractivity (Wildman–Crippen MR) is 53.9 cm³/mol. The van der Waals surface area contributed by atoms with Crippen molar-refractivity contribution < 1.29 is 9.53 Å². The van der Waals surface area contributed by atoms with Crippen LogP contribution in [-0.4, -0.2) is 37.1 Å². The van der Waals surface area contributed by atoms with Crippen molar-refractivity contribution in [2.45, 2.75) is 19.3 Å². The van der Waals surface area contributed by atoms with Crippen LogP contribution >= 0.6 is 0 Å². The number of carbonyl (C=O) groups excluding carboxylic acids is 1. The lowest BCUT2D eigenvalue weighted by atomic mass is 9.93. The van der Waals surface area contributed by atoms with Gasteiger partial charge in [0.25, 0.3) is 0 Å². The molecule has 3 heteroatoms. The van der Waals surface area contributed by atoms with Gasteiger partial charge in [-0.2, -0.15) is 0 Å². The molecule has 0 N–H and O–H groups in total. The zero-order valence-electron chi connectivity index (χ0n) is 8.45. The zero-order valence-corrected chi connectivity index (χ0v) is 8.45. The Kier molecular flexibility index (Phi) is 3.19. The maximum Gasteiger partial charge on any atom is 0.226 e. The summed E-state index contributed by atoms with van der Waals surface area (Å²) < 4.78 is 5.23. The van der Waals surface area contributed by atoms with Crippen LogP contribution in [0.5, 0.6) is 0 Å². The maximum atomic E-state index is 12.0. The molecule has 1 aliphatic heterocycles. The average Bonchev–Trinajstić information content (AvgIpc) is 2.30. The number of amides is 1. The van der Waals surface area contributed by atoms with Crippen molar-refractivity contribution >= 4 is 5.91 Å². The molecule has 1 heterocycles. The highest BCUT2D eigenvalue weighted by Crippen LogP contribution is 2.20. The van der Waals surface area contributed by atoms with Crippen molar-refractivity contribution in [2.24, 2.45) is 5.92 Å². The fourth-order valence-corrected chi connectivity index (χ4v) is 2.06. The minimum absolute atomic E-state index is 0.234. The normalized spacial score (nSPS) is 27.7. The predicted octanol–water partition coefficient (Wildman–Crippen LogP) is 1.20. The van der Waals surface area contributed by atoms with Crippen molar-refractivity contribution in [3.05, 3.63) is 12.2 Å². The van der Waals surface area contributed by atoms with Gasteiger partial charge in [-0.15, -0.1) is 0 Å². The SMILES string of the molecule is O=C(C1CC=CCC1)N1CCOCC1. The Labute approximate surface area is 84.7 Å². The molecule has 0 radical (unpaired) electrons. The Morgan fingerprint density at radius 2 is 2.07 bits per heavy atom. The Hall–Kier alpha value is -0.830. The first-order valence-electron chi connectivity index (χ1n) is 5.39. The van der Waals surface area contributed by atoms with Gasteiger partial charge in [0.1, 0.15) is 0 Å². The van der Waals surface area contributed by atoms with E-state index >= 15 is 0 Å². The van der Waals surface area contributed by atoms with Gasteiger partial charge in [0.2, 0.25) is 5.91 Å². The van der Waals surface area contributed by atoms with Crippen molar-refractivity contribution in [1.82, 2.24) is 4.90 Å². The lowest BCUT2D eigenvalue weighted by Crippen LogP contribution is -2.43. The number of ether oxygens (including phenoxy) is 1. The highest BCUT2D eigenvalue weighted by molar-refractivity contribution is 5.79. The Balaban J connectivity index is 1.89. The molecule has 1 saturated heterocycles. The Bertz CT molecular complexity index is 231. The summed E-state index contributed by atoms with van der Waals surface area (Å²) in [5.74, 6) is 0.566. The number of carbonyl (C=O) groups is 1. The van der Waals surface area contributed by atoms with Crippen LogP contribution in [0.2, 0.25) is 0 Å². The number of rotatable bonds is 1. The van der Waals surface area contributed by atoms with Crippen molar-refractivity contribution in [3.63, 3.8) is 0 Å². The lowest BCUT2D eigenvalue weighted by Gasteiger charge is -2.30. The first kappa shape index (κ1) is 9.71. The summed E-state index contributed by atoms with van der Waals surface area (Å²) >= 11 is 0. The third kappa shape index (κ3) is 2.15. The summed E-state index contributed by atoms with van der Waals surface area (Å²) in [4.78, 5) is 13.9. The van der Waals surface area contributed by atoms with Crippen LogP contribution in [0.4, 0.5) is 0 Å². The van der Waals surface area contributed by atoms with E-state index in [0.717, 1.165) is 32.4 Å². The molecule has 0 aromatic rings. The first-order valence-corrected chi connectivity index (χ1v) is 5.39. The molecule has 0 spiro atoms. The summed E-state index contributed by atoms with van der Waals surface area (Å²) in [5, 5.41) is 0. The van der Waals surface area contributed by atoms with Crippen LogP contribution in [0.15, 0.2) is 12.2 Å². The molecule has 3 nitrogen and oxygen atoms in total. The highest BCUT2D eigenvalue weighted by Gasteiger charge is 2.25. The summed E-state index contributed by atoms with van der Waals surface area (Å²) in [6, 6.07) is 0. The second-order valence-electron chi connectivity index (χ2n) is 3.92. The van der Waals surface area contributed by atoms with Gasteiger partial charge in [0.05, 0.1) is 13.2 Å². The molecule has 0 bridgehead atoms. The van der Waals surface area contributed by atoms with E-state index in [9.17, 15) is 4.79 Å². The molecule has 0 aromatic carbocycles. The van der Waals surface area contributed by atoms with Crippen molar-refractivity contribution in [3.8, 4) is 0 Å². The fraction of sp³-hybridized carbons (Fsp3) is 0.727. The molecule has 2 aliphatic rings. The van der Waals surface area contributed by atoms with Crippen LogP contribution in [0.1, 0.15) is 19.3 Å². The van der Waals surface area contributed by atoms with Crippen LogP contribution in [0.3, 0.4) is 0 Å². The molecule has 1 fully saturated rings.